The molecule has 208 valence electrons. The molecule has 0 radical (unpaired) electrons. The minimum Gasteiger partial charge on any atom is -0.394 e. The fraction of sp³-hybridized carbons (Fsp3) is 1.00. The van der Waals surface area contributed by atoms with Crippen molar-refractivity contribution in [3.8, 4) is 0 Å². The fourth-order valence-corrected chi connectivity index (χ4v) is 4.07. The molecule has 4 heteroatoms. The Morgan fingerprint density at radius 3 is 0.853 bits per heavy atom. The van der Waals surface area contributed by atoms with Crippen molar-refractivity contribution >= 4 is 0 Å². The summed E-state index contributed by atoms with van der Waals surface area (Å²) >= 11 is 0. The molecule has 3 N–H and O–H groups in total. The average Bonchev–Trinajstić information content (AvgIpc) is 2.86. The minimum atomic E-state index is -0.954. The first-order chi connectivity index (χ1) is 16.7. The van der Waals surface area contributed by atoms with E-state index in [-0.39, 0.29) is 13.2 Å². The topological polar surface area (TPSA) is 69.9 Å². The van der Waals surface area contributed by atoms with E-state index in [4.69, 9.17) is 20.1 Å². The maximum Gasteiger partial charge on any atom is 0.100 e. The van der Waals surface area contributed by atoms with Gasteiger partial charge in [-0.2, -0.15) is 0 Å². The monoisotopic (exact) mass is 488 g/mol. The molecule has 0 bridgehead atoms. The first-order valence-corrected chi connectivity index (χ1v) is 15.2. The number of hydrogen-bond acceptors (Lipinski definition) is 4. The molecule has 0 rings (SSSR count). The van der Waals surface area contributed by atoms with E-state index >= 15 is 0 Å². The Morgan fingerprint density at radius 2 is 0.647 bits per heavy atom. The van der Waals surface area contributed by atoms with Gasteiger partial charge in [-0.15, -0.1) is 0 Å². The van der Waals surface area contributed by atoms with Crippen molar-refractivity contribution in [2.75, 3.05) is 26.4 Å². The molecule has 0 aromatic carbocycles. The zero-order chi connectivity index (χ0) is 25.4. The van der Waals surface area contributed by atoms with Crippen LogP contribution < -0.4 is 0 Å². The lowest BCUT2D eigenvalue weighted by Crippen LogP contribution is -2.15. The van der Waals surface area contributed by atoms with Crippen LogP contribution in [-0.4, -0.2) is 47.9 Å². The van der Waals surface area contributed by atoms with Gasteiger partial charge in [0, 0.05) is 13.2 Å². The molecule has 0 aliphatic carbocycles. The van der Waals surface area contributed by atoms with Crippen LogP contribution in [0, 0.1) is 0 Å². The van der Waals surface area contributed by atoms with Crippen LogP contribution in [0.3, 0.4) is 0 Å². The first-order valence-electron chi connectivity index (χ1n) is 15.2. The molecular formula is C30H64O4. The van der Waals surface area contributed by atoms with Crippen LogP contribution in [0.1, 0.15) is 162 Å². The lowest BCUT2D eigenvalue weighted by atomic mass is 10.1. The highest BCUT2D eigenvalue weighted by Crippen LogP contribution is 2.13. The smallest absolute Gasteiger partial charge is 0.100 e. The maximum absolute atomic E-state index is 8.17. The van der Waals surface area contributed by atoms with Gasteiger partial charge < -0.3 is 20.1 Å². The number of unbranched alkanes of at least 4 members (excludes halogenated alkanes) is 21. The van der Waals surface area contributed by atoms with Gasteiger partial charge in [0.2, 0.25) is 0 Å². The van der Waals surface area contributed by atoms with E-state index in [2.05, 4.69) is 13.8 Å². The van der Waals surface area contributed by atoms with Crippen molar-refractivity contribution in [3.63, 3.8) is 0 Å². The molecule has 0 amide bonds. The van der Waals surface area contributed by atoms with Crippen molar-refractivity contribution < 1.29 is 20.1 Å². The molecule has 0 fully saturated rings. The van der Waals surface area contributed by atoms with Gasteiger partial charge in [-0.05, 0) is 12.8 Å². The highest BCUT2D eigenvalue weighted by atomic mass is 16.5. The molecule has 0 heterocycles. The summed E-state index contributed by atoms with van der Waals surface area (Å²) in [6.45, 7) is 5.85. The third kappa shape index (κ3) is 36.4. The summed E-state index contributed by atoms with van der Waals surface area (Å²) < 4.78 is 5.81. The summed E-state index contributed by atoms with van der Waals surface area (Å²) in [6.07, 6.45) is 31.7. The largest absolute Gasteiger partial charge is 0.394 e. The normalized spacial score (nSPS) is 11.1. The van der Waals surface area contributed by atoms with E-state index in [9.17, 15) is 0 Å². The second kappa shape index (κ2) is 35.0. The summed E-state index contributed by atoms with van der Waals surface area (Å²) in [6, 6.07) is 0. The fourth-order valence-electron chi connectivity index (χ4n) is 4.07. The first kappa shape index (κ1) is 36.0. The van der Waals surface area contributed by atoms with Crippen LogP contribution in [0.4, 0.5) is 0 Å². The van der Waals surface area contributed by atoms with Gasteiger partial charge in [-0.3, -0.25) is 0 Å². The third-order valence-corrected chi connectivity index (χ3v) is 6.46. The van der Waals surface area contributed by atoms with E-state index < -0.39 is 6.10 Å². The standard InChI is InChI=1S/C27H56O.C3H8O3/c1-3-5-7-9-11-13-15-17-19-21-23-25-27-28-26-24-22-20-18-16-14-12-10-8-6-4-2;4-1-3(6)2-5/h3-27H2,1-2H3;3-6H,1-2H2. The van der Waals surface area contributed by atoms with E-state index in [1.807, 2.05) is 0 Å². The predicted molar refractivity (Wildman–Crippen MR) is 149 cm³/mol. The summed E-state index contributed by atoms with van der Waals surface area (Å²) in [7, 11) is 0. The molecule has 0 spiro atoms. The van der Waals surface area contributed by atoms with Gasteiger partial charge >= 0.3 is 0 Å². The van der Waals surface area contributed by atoms with Crippen LogP contribution in [0.5, 0.6) is 0 Å². The quantitative estimate of drug-likeness (QED) is 0.102. The number of rotatable bonds is 27. The minimum absolute atomic E-state index is 0.365. The molecule has 0 aliphatic heterocycles. The Morgan fingerprint density at radius 1 is 0.412 bits per heavy atom. The Kier molecular flexibility index (Phi) is 37.1. The van der Waals surface area contributed by atoms with Crippen molar-refractivity contribution in [3.05, 3.63) is 0 Å². The highest BCUT2D eigenvalue weighted by molar-refractivity contribution is 4.50. The Bertz CT molecular complexity index is 295. The van der Waals surface area contributed by atoms with Gasteiger partial charge in [-0.25, -0.2) is 0 Å². The van der Waals surface area contributed by atoms with Crippen molar-refractivity contribution in [2.24, 2.45) is 0 Å². The van der Waals surface area contributed by atoms with Crippen LogP contribution in [0.25, 0.3) is 0 Å². The Labute approximate surface area is 214 Å². The zero-order valence-electron chi connectivity index (χ0n) is 23.4. The summed E-state index contributed by atoms with van der Waals surface area (Å²) in [5.41, 5.74) is 0. The van der Waals surface area contributed by atoms with Crippen LogP contribution >= 0.6 is 0 Å². The SMILES string of the molecule is CCCCCCCCCCCCCCOCCCCCCCCCCCCC.OCC(O)CO. The molecule has 34 heavy (non-hydrogen) atoms. The number of ether oxygens (including phenoxy) is 1. The molecule has 0 saturated heterocycles. The molecular weight excluding hydrogens is 424 g/mol. The van der Waals surface area contributed by atoms with Crippen molar-refractivity contribution in [1.29, 1.82) is 0 Å². The summed E-state index contributed by atoms with van der Waals surface area (Å²) in [4.78, 5) is 0. The number of aliphatic hydroxyl groups is 3. The molecule has 0 saturated carbocycles. The van der Waals surface area contributed by atoms with Crippen LogP contribution in [0.2, 0.25) is 0 Å². The molecule has 0 unspecified atom stereocenters. The molecule has 0 aliphatic rings. The van der Waals surface area contributed by atoms with Crippen LogP contribution in [-0.2, 0) is 4.74 Å². The Balaban J connectivity index is 0. The zero-order valence-corrected chi connectivity index (χ0v) is 23.4. The molecule has 0 atom stereocenters. The maximum atomic E-state index is 8.17. The number of hydrogen-bond donors (Lipinski definition) is 3. The summed E-state index contributed by atoms with van der Waals surface area (Å²) in [5.74, 6) is 0. The van der Waals surface area contributed by atoms with Crippen LogP contribution in [0.15, 0.2) is 0 Å². The Hall–Kier alpha value is -0.160. The van der Waals surface area contributed by atoms with E-state index in [1.165, 1.54) is 148 Å². The van der Waals surface area contributed by atoms with E-state index in [0.29, 0.717) is 0 Å². The lowest BCUT2D eigenvalue weighted by Gasteiger charge is -2.05. The second-order valence-corrected chi connectivity index (χ2v) is 10.1. The van der Waals surface area contributed by atoms with Gasteiger partial charge in [-0.1, -0.05) is 149 Å². The third-order valence-electron chi connectivity index (χ3n) is 6.46. The van der Waals surface area contributed by atoms with Gasteiger partial charge in [0.15, 0.2) is 0 Å². The average molecular weight is 489 g/mol. The van der Waals surface area contributed by atoms with Gasteiger partial charge in [0.25, 0.3) is 0 Å². The predicted octanol–water partition coefficient (Wildman–Crippen LogP) is 8.35. The lowest BCUT2D eigenvalue weighted by molar-refractivity contribution is 0.0450. The second-order valence-electron chi connectivity index (χ2n) is 10.1. The summed E-state index contributed by atoms with van der Waals surface area (Å²) in [5, 5.41) is 24.0. The molecule has 4 nitrogen and oxygen atoms in total. The van der Waals surface area contributed by atoms with Gasteiger partial charge in [0.1, 0.15) is 6.10 Å². The number of aliphatic hydroxyl groups excluding tert-OH is 3. The molecule has 0 aromatic heterocycles. The molecule has 0 aromatic rings. The van der Waals surface area contributed by atoms with E-state index in [0.717, 1.165) is 13.2 Å². The van der Waals surface area contributed by atoms with E-state index in [1.54, 1.807) is 0 Å². The van der Waals surface area contributed by atoms with Crippen molar-refractivity contribution in [1.82, 2.24) is 0 Å². The highest BCUT2D eigenvalue weighted by Gasteiger charge is 1.96. The van der Waals surface area contributed by atoms with Gasteiger partial charge in [0.05, 0.1) is 13.2 Å². The van der Waals surface area contributed by atoms with Crippen molar-refractivity contribution in [2.45, 2.75) is 168 Å².